The van der Waals surface area contributed by atoms with Crippen LogP contribution in [0.2, 0.25) is 0 Å². The molecule has 13 heavy (non-hydrogen) atoms. The highest BCUT2D eigenvalue weighted by Gasteiger charge is 2.26. The van der Waals surface area contributed by atoms with Crippen molar-refractivity contribution in [3.63, 3.8) is 0 Å². The quantitative estimate of drug-likeness (QED) is 0.674. The summed E-state index contributed by atoms with van der Waals surface area (Å²) in [5, 5.41) is 0. The maximum Gasteiger partial charge on any atom is 0.0615 e. The van der Waals surface area contributed by atoms with Gasteiger partial charge >= 0.3 is 0 Å². The molecule has 1 rings (SSSR count). The summed E-state index contributed by atoms with van der Waals surface area (Å²) in [5.74, 6) is 0. The second-order valence-corrected chi connectivity index (χ2v) is 4.06. The van der Waals surface area contributed by atoms with E-state index in [4.69, 9.17) is 11.5 Å². The fraction of sp³-hybridized carbons (Fsp3) is 0.455. The molecule has 1 aromatic rings. The van der Waals surface area contributed by atoms with Crippen LogP contribution in [-0.2, 0) is 5.41 Å². The van der Waals surface area contributed by atoms with E-state index < -0.39 is 0 Å². The summed E-state index contributed by atoms with van der Waals surface area (Å²) in [6, 6.07) is 8.21. The van der Waals surface area contributed by atoms with Gasteiger partial charge in [-0.05, 0) is 18.1 Å². The topological polar surface area (TPSA) is 52.0 Å². The third kappa shape index (κ3) is 1.90. The molecule has 0 aliphatic carbocycles. The Morgan fingerprint density at radius 3 is 2.15 bits per heavy atom. The first-order valence-corrected chi connectivity index (χ1v) is 4.53. The van der Waals surface area contributed by atoms with Gasteiger partial charge in [0.2, 0.25) is 0 Å². The van der Waals surface area contributed by atoms with E-state index in [1.807, 2.05) is 12.1 Å². The Morgan fingerprint density at radius 1 is 1.15 bits per heavy atom. The van der Waals surface area contributed by atoms with Gasteiger partial charge in [0.15, 0.2) is 0 Å². The lowest BCUT2D eigenvalue weighted by molar-refractivity contribution is 0.417. The zero-order chi connectivity index (χ0) is 10.1. The lowest BCUT2D eigenvalue weighted by Crippen LogP contribution is -2.48. The molecule has 0 amide bonds. The summed E-state index contributed by atoms with van der Waals surface area (Å²) in [5.41, 5.74) is 13.8. The van der Waals surface area contributed by atoms with Gasteiger partial charge in [0.25, 0.3) is 0 Å². The fourth-order valence-corrected chi connectivity index (χ4v) is 1.48. The Bertz CT molecular complexity index is 290. The molecule has 0 atom stereocenters. The molecule has 0 aromatic heterocycles. The van der Waals surface area contributed by atoms with Crippen LogP contribution in [0.15, 0.2) is 24.3 Å². The second kappa shape index (κ2) is 3.48. The van der Waals surface area contributed by atoms with Crippen molar-refractivity contribution < 1.29 is 0 Å². The van der Waals surface area contributed by atoms with Gasteiger partial charge in [-0.15, -0.1) is 0 Å². The first-order chi connectivity index (χ1) is 5.96. The average molecular weight is 178 g/mol. The Kier molecular flexibility index (Phi) is 2.74. The fourth-order valence-electron chi connectivity index (χ4n) is 1.48. The lowest BCUT2D eigenvalue weighted by atomic mass is 9.80. The summed E-state index contributed by atoms with van der Waals surface area (Å²) in [7, 11) is 0. The van der Waals surface area contributed by atoms with E-state index in [2.05, 4.69) is 32.9 Å². The van der Waals surface area contributed by atoms with E-state index in [1.165, 1.54) is 11.1 Å². The highest BCUT2D eigenvalue weighted by molar-refractivity contribution is 5.33. The Labute approximate surface area is 79.9 Å². The predicted molar refractivity (Wildman–Crippen MR) is 56.4 cm³/mol. The molecule has 2 nitrogen and oxygen atoms in total. The van der Waals surface area contributed by atoms with Crippen molar-refractivity contribution >= 4 is 0 Å². The highest BCUT2D eigenvalue weighted by atomic mass is 14.9. The molecule has 0 saturated heterocycles. The molecule has 0 aliphatic rings. The van der Waals surface area contributed by atoms with Crippen molar-refractivity contribution in [3.8, 4) is 0 Å². The summed E-state index contributed by atoms with van der Waals surface area (Å²) < 4.78 is 0. The Morgan fingerprint density at radius 2 is 1.69 bits per heavy atom. The standard InChI is InChI=1S/C11H18N2/c1-8-6-4-5-7-9(8)11(2,3)10(12)13/h4-7,10H,12-13H2,1-3H3. The van der Waals surface area contributed by atoms with Crippen LogP contribution in [0, 0.1) is 6.92 Å². The SMILES string of the molecule is Cc1ccccc1C(C)(C)C(N)N. The molecule has 0 unspecified atom stereocenters. The molecule has 0 bridgehead atoms. The zero-order valence-corrected chi connectivity index (χ0v) is 8.54. The molecular weight excluding hydrogens is 160 g/mol. The Balaban J connectivity index is 3.14. The van der Waals surface area contributed by atoms with Crippen LogP contribution in [0.4, 0.5) is 0 Å². The minimum atomic E-state index is -0.325. The van der Waals surface area contributed by atoms with E-state index in [0.717, 1.165) is 0 Å². The average Bonchev–Trinajstić information content (AvgIpc) is 2.04. The van der Waals surface area contributed by atoms with Gasteiger partial charge in [-0.3, -0.25) is 0 Å². The number of hydrogen-bond donors (Lipinski definition) is 2. The molecule has 0 saturated carbocycles. The van der Waals surface area contributed by atoms with E-state index in [9.17, 15) is 0 Å². The number of aryl methyl sites for hydroxylation is 1. The van der Waals surface area contributed by atoms with Gasteiger partial charge in [-0.2, -0.15) is 0 Å². The van der Waals surface area contributed by atoms with E-state index in [-0.39, 0.29) is 11.6 Å². The molecule has 0 spiro atoms. The maximum absolute atomic E-state index is 5.75. The Hall–Kier alpha value is -0.860. The van der Waals surface area contributed by atoms with Crippen LogP contribution in [-0.4, -0.2) is 6.17 Å². The highest BCUT2D eigenvalue weighted by Crippen LogP contribution is 2.26. The molecule has 1 aromatic carbocycles. The van der Waals surface area contributed by atoms with Crippen molar-refractivity contribution in [3.05, 3.63) is 35.4 Å². The molecule has 0 radical (unpaired) electrons. The smallest absolute Gasteiger partial charge is 0.0615 e. The number of rotatable bonds is 2. The third-order valence-electron chi connectivity index (χ3n) is 2.67. The maximum atomic E-state index is 5.75. The first kappa shape index (κ1) is 10.2. The van der Waals surface area contributed by atoms with Crippen molar-refractivity contribution in [1.82, 2.24) is 0 Å². The monoisotopic (exact) mass is 178 g/mol. The zero-order valence-electron chi connectivity index (χ0n) is 8.54. The minimum absolute atomic E-state index is 0.161. The van der Waals surface area contributed by atoms with Gasteiger partial charge < -0.3 is 11.5 Å². The van der Waals surface area contributed by atoms with Gasteiger partial charge in [0, 0.05) is 5.41 Å². The molecule has 0 heterocycles. The van der Waals surface area contributed by atoms with Crippen molar-refractivity contribution in [1.29, 1.82) is 0 Å². The van der Waals surface area contributed by atoms with Crippen molar-refractivity contribution in [2.24, 2.45) is 11.5 Å². The number of nitrogens with two attached hydrogens (primary N) is 2. The number of benzene rings is 1. The normalized spacial score (nSPS) is 12.2. The van der Waals surface area contributed by atoms with Crippen LogP contribution in [0.3, 0.4) is 0 Å². The number of hydrogen-bond acceptors (Lipinski definition) is 2. The summed E-state index contributed by atoms with van der Waals surface area (Å²) in [6.07, 6.45) is -0.325. The van der Waals surface area contributed by atoms with Crippen LogP contribution < -0.4 is 11.5 Å². The predicted octanol–water partition coefficient (Wildman–Crippen LogP) is 1.52. The summed E-state index contributed by atoms with van der Waals surface area (Å²) >= 11 is 0. The van der Waals surface area contributed by atoms with Crippen LogP contribution >= 0.6 is 0 Å². The second-order valence-electron chi connectivity index (χ2n) is 4.06. The van der Waals surface area contributed by atoms with Crippen LogP contribution in [0.1, 0.15) is 25.0 Å². The molecular formula is C11H18N2. The van der Waals surface area contributed by atoms with Crippen molar-refractivity contribution in [2.75, 3.05) is 0 Å². The van der Waals surface area contributed by atoms with Crippen LogP contribution in [0.5, 0.6) is 0 Å². The first-order valence-electron chi connectivity index (χ1n) is 4.53. The van der Waals surface area contributed by atoms with E-state index in [1.54, 1.807) is 0 Å². The minimum Gasteiger partial charge on any atom is -0.315 e. The van der Waals surface area contributed by atoms with Crippen LogP contribution in [0.25, 0.3) is 0 Å². The lowest BCUT2D eigenvalue weighted by Gasteiger charge is -2.30. The van der Waals surface area contributed by atoms with Gasteiger partial charge in [0.05, 0.1) is 6.17 Å². The third-order valence-corrected chi connectivity index (χ3v) is 2.67. The molecule has 2 heteroatoms. The largest absolute Gasteiger partial charge is 0.315 e. The molecule has 0 aliphatic heterocycles. The van der Waals surface area contributed by atoms with E-state index in [0.29, 0.717) is 0 Å². The van der Waals surface area contributed by atoms with Gasteiger partial charge in [0.1, 0.15) is 0 Å². The molecule has 0 fully saturated rings. The molecule has 72 valence electrons. The molecule has 4 N–H and O–H groups in total. The van der Waals surface area contributed by atoms with Gasteiger partial charge in [-0.1, -0.05) is 38.1 Å². The van der Waals surface area contributed by atoms with E-state index >= 15 is 0 Å². The van der Waals surface area contributed by atoms with Crippen molar-refractivity contribution in [2.45, 2.75) is 32.4 Å². The van der Waals surface area contributed by atoms with Gasteiger partial charge in [-0.25, -0.2) is 0 Å². The summed E-state index contributed by atoms with van der Waals surface area (Å²) in [4.78, 5) is 0. The summed E-state index contributed by atoms with van der Waals surface area (Å²) in [6.45, 7) is 6.22.